The highest BCUT2D eigenvalue weighted by Crippen LogP contribution is 2.30. The standard InChI is InChI=1S/C31H34N4O4/c1-21(2)39-29-12-11-25(18-26(29)19-32)31(38)33-27(13-16-37)17-22-7-9-23(10-8-22)28-20-35-14-3-5-24(6-4-15-36)30(35)34-28/h3-12,14,18,21,27-28,36-37H,13,15-17,20H2,1-2H3,(H,33,38)/b6-4+/t27-,28?/m1/s1. The van der Waals surface area contributed by atoms with E-state index in [-0.39, 0.29) is 37.3 Å². The minimum Gasteiger partial charge on any atom is -0.490 e. The van der Waals surface area contributed by atoms with Gasteiger partial charge in [0.1, 0.15) is 17.7 Å². The van der Waals surface area contributed by atoms with Crippen molar-refractivity contribution in [3.05, 3.63) is 101 Å². The van der Waals surface area contributed by atoms with E-state index in [1.807, 2.05) is 50.4 Å². The van der Waals surface area contributed by atoms with Crippen LogP contribution in [0.4, 0.5) is 0 Å². The van der Waals surface area contributed by atoms with Crippen molar-refractivity contribution in [2.24, 2.45) is 4.99 Å². The number of aliphatic imine (C=N–C) groups is 1. The summed E-state index contributed by atoms with van der Waals surface area (Å²) in [6.07, 6.45) is 10.4. The van der Waals surface area contributed by atoms with Crippen LogP contribution in [-0.4, -0.2) is 58.8 Å². The van der Waals surface area contributed by atoms with E-state index in [1.165, 1.54) is 6.07 Å². The minimum absolute atomic E-state index is 0.00681. The van der Waals surface area contributed by atoms with E-state index in [4.69, 9.17) is 14.8 Å². The Labute approximate surface area is 229 Å². The first-order valence-corrected chi connectivity index (χ1v) is 13.1. The summed E-state index contributed by atoms with van der Waals surface area (Å²) >= 11 is 0. The van der Waals surface area contributed by atoms with Gasteiger partial charge in [-0.15, -0.1) is 0 Å². The molecule has 2 aliphatic rings. The van der Waals surface area contributed by atoms with Gasteiger partial charge in [0, 0.05) is 30.0 Å². The van der Waals surface area contributed by atoms with E-state index < -0.39 is 0 Å². The number of nitriles is 1. The maximum Gasteiger partial charge on any atom is 0.251 e. The number of hydrogen-bond donors (Lipinski definition) is 3. The molecule has 0 bridgehead atoms. The molecule has 8 nitrogen and oxygen atoms in total. The van der Waals surface area contributed by atoms with Gasteiger partial charge in [0.15, 0.2) is 0 Å². The average Bonchev–Trinajstić information content (AvgIpc) is 3.37. The van der Waals surface area contributed by atoms with Crippen molar-refractivity contribution in [2.45, 2.75) is 44.9 Å². The summed E-state index contributed by atoms with van der Waals surface area (Å²) in [5.74, 6) is 1.04. The molecule has 0 saturated heterocycles. The molecule has 0 radical (unpaired) electrons. The van der Waals surface area contributed by atoms with Gasteiger partial charge in [0.2, 0.25) is 0 Å². The zero-order valence-corrected chi connectivity index (χ0v) is 22.2. The van der Waals surface area contributed by atoms with Crippen LogP contribution in [0.2, 0.25) is 0 Å². The van der Waals surface area contributed by atoms with Crippen LogP contribution in [0.15, 0.2) is 83.5 Å². The summed E-state index contributed by atoms with van der Waals surface area (Å²) < 4.78 is 5.65. The SMILES string of the molecule is CC(C)Oc1ccc(C(=O)N[C@H](CCO)Cc2ccc(C3CN4C=CC=C(/C=C/CO)C4=N3)cc2)cc1C#N. The van der Waals surface area contributed by atoms with E-state index in [9.17, 15) is 15.2 Å². The van der Waals surface area contributed by atoms with Crippen LogP contribution < -0.4 is 10.1 Å². The third-order valence-corrected chi connectivity index (χ3v) is 6.51. The predicted molar refractivity (Wildman–Crippen MR) is 150 cm³/mol. The zero-order valence-electron chi connectivity index (χ0n) is 22.2. The van der Waals surface area contributed by atoms with Gasteiger partial charge < -0.3 is 25.2 Å². The number of hydrogen-bond acceptors (Lipinski definition) is 7. The highest BCUT2D eigenvalue weighted by Gasteiger charge is 2.27. The topological polar surface area (TPSA) is 118 Å². The van der Waals surface area contributed by atoms with Crippen molar-refractivity contribution in [1.29, 1.82) is 5.26 Å². The third kappa shape index (κ3) is 7.02. The van der Waals surface area contributed by atoms with E-state index in [1.54, 1.807) is 18.2 Å². The molecule has 2 atom stereocenters. The number of allylic oxidation sites excluding steroid dienone is 2. The lowest BCUT2D eigenvalue weighted by Crippen LogP contribution is -2.37. The molecule has 2 aromatic rings. The maximum absolute atomic E-state index is 13.0. The van der Waals surface area contributed by atoms with Crippen LogP contribution in [0, 0.1) is 11.3 Å². The van der Waals surface area contributed by atoms with Crippen LogP contribution in [0.3, 0.4) is 0 Å². The fourth-order valence-electron chi connectivity index (χ4n) is 4.65. The molecule has 0 aliphatic carbocycles. The van der Waals surface area contributed by atoms with E-state index in [0.29, 0.717) is 29.7 Å². The molecule has 3 N–H and O–H groups in total. The molecule has 202 valence electrons. The van der Waals surface area contributed by atoms with Crippen LogP contribution in [-0.2, 0) is 6.42 Å². The van der Waals surface area contributed by atoms with Gasteiger partial charge in [0.05, 0.1) is 30.9 Å². The van der Waals surface area contributed by atoms with Crippen LogP contribution in [0.25, 0.3) is 0 Å². The van der Waals surface area contributed by atoms with Crippen molar-refractivity contribution in [1.82, 2.24) is 10.2 Å². The quantitative estimate of drug-likeness (QED) is 0.410. The summed E-state index contributed by atoms with van der Waals surface area (Å²) in [5.41, 5.74) is 3.77. The molecule has 2 heterocycles. The zero-order chi connectivity index (χ0) is 27.8. The summed E-state index contributed by atoms with van der Waals surface area (Å²) in [7, 11) is 0. The average molecular weight is 527 g/mol. The molecular formula is C31H34N4O4. The van der Waals surface area contributed by atoms with Crippen molar-refractivity contribution in [3.63, 3.8) is 0 Å². The molecule has 0 aromatic heterocycles. The molecule has 1 amide bonds. The number of ether oxygens (including phenoxy) is 1. The van der Waals surface area contributed by atoms with Gasteiger partial charge in [-0.2, -0.15) is 5.26 Å². The third-order valence-electron chi connectivity index (χ3n) is 6.51. The number of benzene rings is 2. The van der Waals surface area contributed by atoms with Crippen molar-refractivity contribution < 1.29 is 19.7 Å². The molecule has 2 aliphatic heterocycles. The highest BCUT2D eigenvalue weighted by atomic mass is 16.5. The van der Waals surface area contributed by atoms with Gasteiger partial charge in [-0.25, -0.2) is 0 Å². The Bertz CT molecular complexity index is 1340. The van der Waals surface area contributed by atoms with E-state index >= 15 is 0 Å². The second-order valence-electron chi connectivity index (χ2n) is 9.79. The maximum atomic E-state index is 13.0. The van der Waals surface area contributed by atoms with Gasteiger partial charge in [-0.1, -0.05) is 36.4 Å². The molecular weight excluding hydrogens is 492 g/mol. The summed E-state index contributed by atoms with van der Waals surface area (Å²) in [5, 5.41) is 31.2. The Morgan fingerprint density at radius 3 is 2.74 bits per heavy atom. The molecule has 8 heteroatoms. The highest BCUT2D eigenvalue weighted by molar-refractivity contribution is 6.03. The molecule has 4 rings (SSSR count). The Kier molecular flexibility index (Phi) is 9.31. The molecule has 0 saturated carbocycles. The Morgan fingerprint density at radius 1 is 1.26 bits per heavy atom. The number of amidine groups is 1. The molecule has 0 spiro atoms. The first kappa shape index (κ1) is 27.8. The molecule has 1 unspecified atom stereocenters. The first-order valence-electron chi connectivity index (χ1n) is 13.1. The van der Waals surface area contributed by atoms with E-state index in [2.05, 4.69) is 28.4 Å². The number of aliphatic hydroxyl groups is 2. The number of carbonyl (C=O) groups is 1. The molecule has 39 heavy (non-hydrogen) atoms. The van der Waals surface area contributed by atoms with E-state index in [0.717, 1.165) is 29.1 Å². The largest absolute Gasteiger partial charge is 0.490 e. The number of nitrogens with one attached hydrogen (secondary N) is 1. The van der Waals surface area contributed by atoms with Gasteiger partial charge in [-0.05, 0) is 68.2 Å². The number of aliphatic hydroxyl groups excluding tert-OH is 2. The van der Waals surface area contributed by atoms with Crippen LogP contribution in [0.1, 0.15) is 53.4 Å². The van der Waals surface area contributed by atoms with Gasteiger partial charge in [0.25, 0.3) is 5.91 Å². The van der Waals surface area contributed by atoms with Gasteiger partial charge in [-0.3, -0.25) is 9.79 Å². The first-order chi connectivity index (χ1) is 18.9. The van der Waals surface area contributed by atoms with Crippen LogP contribution in [0.5, 0.6) is 5.75 Å². The minimum atomic E-state index is -0.303. The lowest BCUT2D eigenvalue weighted by atomic mass is 9.99. The second kappa shape index (κ2) is 13.1. The Hall–Kier alpha value is -4.19. The van der Waals surface area contributed by atoms with Crippen LogP contribution >= 0.6 is 0 Å². The number of nitrogens with zero attached hydrogens (tertiary/aromatic N) is 3. The lowest BCUT2D eigenvalue weighted by molar-refractivity contribution is 0.0930. The smallest absolute Gasteiger partial charge is 0.251 e. The number of amides is 1. The summed E-state index contributed by atoms with van der Waals surface area (Å²) in [6, 6.07) is 14.8. The number of fused-ring (bicyclic) bond motifs is 1. The fourth-order valence-corrected chi connectivity index (χ4v) is 4.65. The van der Waals surface area contributed by atoms with Crippen molar-refractivity contribution in [3.8, 4) is 11.8 Å². The predicted octanol–water partition coefficient (Wildman–Crippen LogP) is 3.83. The normalized spacial score (nSPS) is 17.0. The summed E-state index contributed by atoms with van der Waals surface area (Å²) in [4.78, 5) is 20.0. The Balaban J connectivity index is 1.42. The number of rotatable bonds is 11. The molecule has 0 fully saturated rings. The van der Waals surface area contributed by atoms with Crippen molar-refractivity contribution in [2.75, 3.05) is 19.8 Å². The summed E-state index contributed by atoms with van der Waals surface area (Å²) in [6.45, 7) is 4.42. The molecule has 2 aromatic carbocycles. The van der Waals surface area contributed by atoms with Crippen molar-refractivity contribution >= 4 is 11.7 Å². The second-order valence-corrected chi connectivity index (χ2v) is 9.79. The monoisotopic (exact) mass is 526 g/mol. The van der Waals surface area contributed by atoms with Gasteiger partial charge >= 0.3 is 0 Å². The Morgan fingerprint density at radius 2 is 2.05 bits per heavy atom. The number of carbonyl (C=O) groups excluding carboxylic acids is 1. The lowest BCUT2D eigenvalue weighted by Gasteiger charge is -2.20. The fraction of sp³-hybridized carbons (Fsp3) is 0.323.